The summed E-state index contributed by atoms with van der Waals surface area (Å²) in [4.78, 5) is 23.1. The largest absolute Gasteiger partial charge is 0.480 e. The number of nitrogens with zero attached hydrogens (tertiary/aromatic N) is 1. The van der Waals surface area contributed by atoms with Crippen molar-refractivity contribution in [3.05, 3.63) is 0 Å². The van der Waals surface area contributed by atoms with E-state index in [-0.39, 0.29) is 12.0 Å². The van der Waals surface area contributed by atoms with Gasteiger partial charge in [0, 0.05) is 6.04 Å². The van der Waals surface area contributed by atoms with Gasteiger partial charge in [0.25, 0.3) is 0 Å². The van der Waals surface area contributed by atoms with Gasteiger partial charge in [0.2, 0.25) is 0 Å². The summed E-state index contributed by atoms with van der Waals surface area (Å²) < 4.78 is 0. The quantitative estimate of drug-likeness (QED) is 0.689. The lowest BCUT2D eigenvalue weighted by atomic mass is 9.85. The van der Waals surface area contributed by atoms with Crippen LogP contribution in [0.4, 0.5) is 4.79 Å². The fraction of sp³-hybridized carbons (Fsp3) is 0.800. The Kier molecular flexibility index (Phi) is 2.54. The van der Waals surface area contributed by atoms with Gasteiger partial charge in [-0.05, 0) is 25.2 Å². The topological polar surface area (TPSA) is 77.8 Å². The molecular weight excluding hydrogens is 198 g/mol. The van der Waals surface area contributed by atoms with Crippen molar-refractivity contribution in [2.75, 3.05) is 0 Å². The van der Waals surface area contributed by atoms with E-state index in [1.807, 2.05) is 0 Å². The zero-order valence-corrected chi connectivity index (χ0v) is 8.43. The highest BCUT2D eigenvalue weighted by atomic mass is 16.4. The zero-order chi connectivity index (χ0) is 11.0. The smallest absolute Gasteiger partial charge is 0.408 e. The van der Waals surface area contributed by atoms with Crippen LogP contribution in [-0.4, -0.2) is 39.3 Å². The van der Waals surface area contributed by atoms with Gasteiger partial charge in [0.15, 0.2) is 0 Å². The summed E-state index contributed by atoms with van der Waals surface area (Å²) in [6.07, 6.45) is 3.31. The molecule has 5 nitrogen and oxygen atoms in total. The number of hydrogen-bond donors (Lipinski definition) is 2. The molecule has 2 fully saturated rings. The number of amides is 1. The van der Waals surface area contributed by atoms with Crippen molar-refractivity contribution in [1.82, 2.24) is 4.90 Å². The predicted octanol–water partition coefficient (Wildman–Crippen LogP) is 1.38. The van der Waals surface area contributed by atoms with E-state index in [9.17, 15) is 9.59 Å². The van der Waals surface area contributed by atoms with E-state index in [0.29, 0.717) is 6.42 Å². The van der Waals surface area contributed by atoms with Crippen LogP contribution in [0.25, 0.3) is 0 Å². The molecule has 2 rings (SSSR count). The molecule has 1 aliphatic carbocycles. The average molecular weight is 213 g/mol. The third kappa shape index (κ3) is 1.66. The minimum Gasteiger partial charge on any atom is -0.480 e. The number of carbonyl (C=O) groups is 2. The summed E-state index contributed by atoms with van der Waals surface area (Å²) in [7, 11) is 0. The molecule has 1 saturated carbocycles. The Balaban J connectivity index is 2.21. The highest BCUT2D eigenvalue weighted by molar-refractivity contribution is 5.80. The highest BCUT2D eigenvalue weighted by Gasteiger charge is 2.47. The molecule has 0 aromatic rings. The second kappa shape index (κ2) is 3.72. The number of carboxylic acids is 1. The highest BCUT2D eigenvalue weighted by Crippen LogP contribution is 2.39. The van der Waals surface area contributed by atoms with Crippen LogP contribution in [0, 0.1) is 5.92 Å². The first kappa shape index (κ1) is 10.3. The minimum atomic E-state index is -1.09. The van der Waals surface area contributed by atoms with Gasteiger partial charge in [0.1, 0.15) is 6.04 Å². The standard InChI is InChI=1S/C10H15NO4/c12-9(13)8-5-6-3-1-2-4-7(6)11(8)10(14)15/h6-8H,1-5H2,(H,12,13)(H,14,15). The summed E-state index contributed by atoms with van der Waals surface area (Å²) in [6.45, 7) is 0. The van der Waals surface area contributed by atoms with Gasteiger partial charge in [-0.2, -0.15) is 0 Å². The molecule has 5 heteroatoms. The van der Waals surface area contributed by atoms with Crippen LogP contribution in [0.2, 0.25) is 0 Å². The lowest BCUT2D eigenvalue weighted by Crippen LogP contribution is -2.45. The van der Waals surface area contributed by atoms with Gasteiger partial charge in [-0.1, -0.05) is 12.8 Å². The first-order valence-corrected chi connectivity index (χ1v) is 5.35. The van der Waals surface area contributed by atoms with Crippen molar-refractivity contribution >= 4 is 12.1 Å². The van der Waals surface area contributed by atoms with Crippen LogP contribution in [0.3, 0.4) is 0 Å². The number of aliphatic carboxylic acids is 1. The second-order valence-corrected chi connectivity index (χ2v) is 4.39. The third-order valence-corrected chi connectivity index (χ3v) is 3.59. The Morgan fingerprint density at radius 1 is 1.13 bits per heavy atom. The van der Waals surface area contributed by atoms with Gasteiger partial charge in [-0.3, -0.25) is 4.90 Å². The fourth-order valence-electron chi connectivity index (χ4n) is 2.96. The SMILES string of the molecule is O=C(O)C1CC2CCCCC2N1C(=O)O. The summed E-state index contributed by atoms with van der Waals surface area (Å²) in [6, 6.07) is -0.882. The van der Waals surface area contributed by atoms with Gasteiger partial charge in [-0.25, -0.2) is 9.59 Å². The molecule has 2 aliphatic rings. The maximum absolute atomic E-state index is 11.0. The lowest BCUT2D eigenvalue weighted by molar-refractivity contribution is -0.142. The van der Waals surface area contributed by atoms with Gasteiger partial charge >= 0.3 is 12.1 Å². The van der Waals surface area contributed by atoms with Gasteiger partial charge in [0.05, 0.1) is 0 Å². The molecule has 1 heterocycles. The molecule has 0 aromatic carbocycles. The Morgan fingerprint density at radius 2 is 1.80 bits per heavy atom. The van der Waals surface area contributed by atoms with Crippen molar-refractivity contribution in [1.29, 1.82) is 0 Å². The van der Waals surface area contributed by atoms with Gasteiger partial charge < -0.3 is 10.2 Å². The maximum atomic E-state index is 11.0. The Hall–Kier alpha value is -1.26. The second-order valence-electron chi connectivity index (χ2n) is 4.39. The molecule has 3 atom stereocenters. The Morgan fingerprint density at radius 3 is 2.40 bits per heavy atom. The minimum absolute atomic E-state index is 0.0580. The van der Waals surface area contributed by atoms with Crippen molar-refractivity contribution in [2.24, 2.45) is 5.92 Å². The molecule has 0 aromatic heterocycles. The molecule has 1 saturated heterocycles. The van der Waals surface area contributed by atoms with E-state index in [1.165, 1.54) is 0 Å². The first-order valence-electron chi connectivity index (χ1n) is 5.35. The summed E-state index contributed by atoms with van der Waals surface area (Å²) in [5.74, 6) is -0.747. The number of fused-ring (bicyclic) bond motifs is 1. The van der Waals surface area contributed by atoms with Crippen LogP contribution in [0.5, 0.6) is 0 Å². The lowest BCUT2D eigenvalue weighted by Gasteiger charge is -2.30. The predicted molar refractivity (Wildman–Crippen MR) is 51.7 cm³/mol. The molecule has 84 valence electrons. The summed E-state index contributed by atoms with van der Waals surface area (Å²) in [5, 5.41) is 18.0. The van der Waals surface area contributed by atoms with Crippen molar-refractivity contribution in [2.45, 2.75) is 44.2 Å². The Bertz CT molecular complexity index is 291. The van der Waals surface area contributed by atoms with Crippen molar-refractivity contribution in [3.8, 4) is 0 Å². The van der Waals surface area contributed by atoms with Crippen molar-refractivity contribution in [3.63, 3.8) is 0 Å². The first-order chi connectivity index (χ1) is 7.11. The molecule has 0 spiro atoms. The molecule has 0 radical (unpaired) electrons. The number of carboxylic acid groups (broad SMARTS) is 2. The summed E-state index contributed by atoms with van der Waals surface area (Å²) in [5.41, 5.74) is 0. The van der Waals surface area contributed by atoms with E-state index < -0.39 is 18.1 Å². The normalized spacial score (nSPS) is 34.9. The number of hydrogen-bond acceptors (Lipinski definition) is 2. The maximum Gasteiger partial charge on any atom is 0.408 e. The molecule has 2 N–H and O–H groups in total. The van der Waals surface area contributed by atoms with Crippen LogP contribution in [-0.2, 0) is 4.79 Å². The molecule has 1 amide bonds. The van der Waals surface area contributed by atoms with Crippen LogP contribution < -0.4 is 0 Å². The monoisotopic (exact) mass is 213 g/mol. The van der Waals surface area contributed by atoms with E-state index in [4.69, 9.17) is 10.2 Å². The molecule has 0 bridgehead atoms. The summed E-state index contributed by atoms with van der Waals surface area (Å²) >= 11 is 0. The van der Waals surface area contributed by atoms with Crippen LogP contribution in [0.15, 0.2) is 0 Å². The Labute approximate surface area is 87.7 Å². The van der Waals surface area contributed by atoms with E-state index in [1.54, 1.807) is 0 Å². The number of rotatable bonds is 1. The average Bonchev–Trinajstić information content (AvgIpc) is 2.56. The van der Waals surface area contributed by atoms with Crippen LogP contribution >= 0.6 is 0 Å². The molecule has 1 aliphatic heterocycles. The molecule has 15 heavy (non-hydrogen) atoms. The van der Waals surface area contributed by atoms with Gasteiger partial charge in [-0.15, -0.1) is 0 Å². The van der Waals surface area contributed by atoms with Crippen LogP contribution in [0.1, 0.15) is 32.1 Å². The van der Waals surface area contributed by atoms with E-state index in [0.717, 1.165) is 30.6 Å². The van der Waals surface area contributed by atoms with E-state index in [2.05, 4.69) is 0 Å². The van der Waals surface area contributed by atoms with Crippen molar-refractivity contribution < 1.29 is 19.8 Å². The number of likely N-dealkylation sites (tertiary alicyclic amines) is 1. The van der Waals surface area contributed by atoms with E-state index >= 15 is 0 Å². The fourth-order valence-corrected chi connectivity index (χ4v) is 2.96. The zero-order valence-electron chi connectivity index (χ0n) is 8.43. The molecule has 3 unspecified atom stereocenters. The third-order valence-electron chi connectivity index (χ3n) is 3.59. The molecular formula is C10H15NO4.